The van der Waals surface area contributed by atoms with Crippen molar-refractivity contribution in [3.8, 4) is 5.75 Å². The van der Waals surface area contributed by atoms with E-state index in [1.165, 1.54) is 7.11 Å². The molecule has 0 amide bonds. The second-order valence-corrected chi connectivity index (χ2v) is 9.48. The summed E-state index contributed by atoms with van der Waals surface area (Å²) in [6.45, 7) is 11.1. The van der Waals surface area contributed by atoms with Crippen LogP contribution in [0, 0.1) is 0 Å². The Morgan fingerprint density at radius 2 is 1.67 bits per heavy atom. The number of nitrogens with one attached hydrogen (secondary N) is 1. The smallest absolute Gasteiger partial charge is 0.494 e. The number of hydrogen-bond donors (Lipinski definition) is 1. The van der Waals surface area contributed by atoms with Crippen LogP contribution in [-0.2, 0) is 19.3 Å². The molecule has 24 heavy (non-hydrogen) atoms. The fourth-order valence-electron chi connectivity index (χ4n) is 2.20. The molecule has 0 radical (unpaired) electrons. The van der Waals surface area contributed by atoms with Gasteiger partial charge in [0, 0.05) is 0 Å². The van der Waals surface area contributed by atoms with Gasteiger partial charge in [-0.25, -0.2) is 8.42 Å². The minimum atomic E-state index is -3.48. The Hall–Kier alpha value is -1.25. The predicted molar refractivity (Wildman–Crippen MR) is 96.4 cm³/mol. The van der Waals surface area contributed by atoms with E-state index in [1.807, 2.05) is 33.8 Å². The van der Waals surface area contributed by atoms with E-state index in [0.717, 1.165) is 5.46 Å². The molecule has 1 aromatic rings. The predicted octanol–water partition coefficient (Wildman–Crippen LogP) is 2.14. The van der Waals surface area contributed by atoms with Crippen molar-refractivity contribution in [2.45, 2.75) is 58.0 Å². The van der Waals surface area contributed by atoms with Crippen LogP contribution in [-0.4, -0.2) is 39.1 Å². The van der Waals surface area contributed by atoms with Crippen LogP contribution in [0.2, 0.25) is 0 Å². The molecule has 1 aliphatic heterocycles. The maximum atomic E-state index is 12.2. The van der Waals surface area contributed by atoms with Crippen molar-refractivity contribution >= 4 is 28.3 Å². The van der Waals surface area contributed by atoms with E-state index in [4.69, 9.17) is 14.0 Å². The maximum absolute atomic E-state index is 12.2. The van der Waals surface area contributed by atoms with Gasteiger partial charge in [0.25, 0.3) is 0 Å². The molecule has 0 spiro atoms. The van der Waals surface area contributed by atoms with Gasteiger partial charge in [0.1, 0.15) is 5.75 Å². The first-order chi connectivity index (χ1) is 10.9. The van der Waals surface area contributed by atoms with Crippen LogP contribution in [0.5, 0.6) is 5.75 Å². The van der Waals surface area contributed by atoms with Crippen LogP contribution in [0.4, 0.5) is 5.69 Å². The van der Waals surface area contributed by atoms with Crippen molar-refractivity contribution in [3.63, 3.8) is 0 Å². The molecule has 8 heteroatoms. The lowest BCUT2D eigenvalue weighted by molar-refractivity contribution is 0.00578. The highest BCUT2D eigenvalue weighted by Gasteiger charge is 2.51. The molecule has 0 saturated carbocycles. The highest BCUT2D eigenvalue weighted by Crippen LogP contribution is 2.37. The third kappa shape index (κ3) is 3.55. The number of ether oxygens (including phenoxy) is 1. The molecule has 1 fully saturated rings. The molecule has 1 N–H and O–H groups in total. The van der Waals surface area contributed by atoms with Crippen LogP contribution in [0.25, 0.3) is 0 Å². The van der Waals surface area contributed by atoms with Gasteiger partial charge in [-0.15, -0.1) is 0 Å². The third-order valence-corrected chi connectivity index (χ3v) is 6.37. The Balaban J connectivity index is 2.37. The molecule has 0 aromatic heterocycles. The highest BCUT2D eigenvalue weighted by atomic mass is 32.2. The van der Waals surface area contributed by atoms with Crippen molar-refractivity contribution in [1.82, 2.24) is 0 Å². The van der Waals surface area contributed by atoms with Gasteiger partial charge in [-0.05, 0) is 59.1 Å². The standard InChI is InChI=1S/C16H26BNO5S/c1-11(2)24(19,20)18-13-10-12(8-9-14(13)21-7)17-22-15(3,4)16(5,6)23-17/h8-11,18H,1-7H3. The summed E-state index contributed by atoms with van der Waals surface area (Å²) < 4.78 is 44.2. The molecule has 1 aromatic carbocycles. The highest BCUT2D eigenvalue weighted by molar-refractivity contribution is 7.93. The van der Waals surface area contributed by atoms with Crippen molar-refractivity contribution in [2.75, 3.05) is 11.8 Å². The molecule has 0 unspecified atom stereocenters. The molecule has 2 rings (SSSR count). The normalized spacial score (nSPS) is 19.6. The zero-order valence-corrected chi connectivity index (χ0v) is 16.2. The minimum Gasteiger partial charge on any atom is -0.495 e. The van der Waals surface area contributed by atoms with Gasteiger partial charge in [0.15, 0.2) is 0 Å². The zero-order valence-electron chi connectivity index (χ0n) is 15.3. The van der Waals surface area contributed by atoms with Gasteiger partial charge in [0.05, 0.1) is 29.2 Å². The summed E-state index contributed by atoms with van der Waals surface area (Å²) in [7, 11) is -2.55. The summed E-state index contributed by atoms with van der Waals surface area (Å²) in [5, 5.41) is -0.553. The second-order valence-electron chi connectivity index (χ2n) is 7.24. The topological polar surface area (TPSA) is 73.9 Å². The van der Waals surface area contributed by atoms with Crippen LogP contribution < -0.4 is 14.9 Å². The Morgan fingerprint density at radius 3 is 2.12 bits per heavy atom. The SMILES string of the molecule is COc1ccc(B2OC(C)(C)C(C)(C)O2)cc1NS(=O)(=O)C(C)C. The van der Waals surface area contributed by atoms with Gasteiger partial charge in [-0.3, -0.25) is 4.72 Å². The van der Waals surface area contributed by atoms with Gasteiger partial charge < -0.3 is 14.0 Å². The third-order valence-electron chi connectivity index (χ3n) is 4.62. The largest absolute Gasteiger partial charge is 0.495 e. The van der Waals surface area contributed by atoms with E-state index >= 15 is 0 Å². The number of methoxy groups -OCH3 is 1. The lowest BCUT2D eigenvalue weighted by Crippen LogP contribution is -2.41. The fourth-order valence-corrected chi connectivity index (χ4v) is 2.90. The summed E-state index contributed by atoms with van der Waals surface area (Å²) in [5.41, 5.74) is 0.180. The van der Waals surface area contributed by atoms with Gasteiger partial charge in [-0.1, -0.05) is 6.07 Å². The number of hydrogen-bond acceptors (Lipinski definition) is 5. The first-order valence-electron chi connectivity index (χ1n) is 7.95. The Bertz CT molecular complexity index is 699. The van der Waals surface area contributed by atoms with Crippen LogP contribution in [0.3, 0.4) is 0 Å². The summed E-state index contributed by atoms with van der Waals surface area (Å²) >= 11 is 0. The van der Waals surface area contributed by atoms with Crippen molar-refractivity contribution < 1.29 is 22.5 Å². The van der Waals surface area contributed by atoms with E-state index in [9.17, 15) is 8.42 Å². The summed E-state index contributed by atoms with van der Waals surface area (Å²) in [6.07, 6.45) is 0. The summed E-state index contributed by atoms with van der Waals surface area (Å²) in [5.74, 6) is 0.444. The van der Waals surface area contributed by atoms with Crippen molar-refractivity contribution in [1.29, 1.82) is 0 Å². The Labute approximate surface area is 145 Å². The molecule has 0 bridgehead atoms. The summed E-state index contributed by atoms with van der Waals surface area (Å²) in [4.78, 5) is 0. The average Bonchev–Trinajstić information content (AvgIpc) is 2.67. The van der Waals surface area contributed by atoms with E-state index in [1.54, 1.807) is 26.0 Å². The number of rotatable bonds is 5. The Kier molecular flexibility index (Phi) is 4.96. The average molecular weight is 355 g/mol. The molecular weight excluding hydrogens is 329 g/mol. The van der Waals surface area contributed by atoms with E-state index in [2.05, 4.69) is 4.72 Å². The van der Waals surface area contributed by atoms with Gasteiger partial charge in [-0.2, -0.15) is 0 Å². The number of sulfonamides is 1. The molecule has 1 heterocycles. The van der Waals surface area contributed by atoms with E-state index < -0.39 is 33.6 Å². The molecule has 0 atom stereocenters. The van der Waals surface area contributed by atoms with E-state index in [0.29, 0.717) is 11.4 Å². The van der Waals surface area contributed by atoms with Crippen LogP contribution in [0.15, 0.2) is 18.2 Å². The summed E-state index contributed by atoms with van der Waals surface area (Å²) in [6, 6.07) is 5.22. The number of benzene rings is 1. The zero-order chi connectivity index (χ0) is 18.3. The molecular formula is C16H26BNO5S. The molecule has 134 valence electrons. The van der Waals surface area contributed by atoms with Crippen molar-refractivity contribution in [2.24, 2.45) is 0 Å². The molecule has 1 saturated heterocycles. The molecule has 6 nitrogen and oxygen atoms in total. The van der Waals surface area contributed by atoms with Crippen LogP contribution in [0.1, 0.15) is 41.5 Å². The second kappa shape index (κ2) is 6.24. The first-order valence-corrected chi connectivity index (χ1v) is 9.49. The lowest BCUT2D eigenvalue weighted by Gasteiger charge is -2.32. The molecule has 1 aliphatic rings. The minimum absolute atomic E-state index is 0.374. The lowest BCUT2D eigenvalue weighted by atomic mass is 9.79. The first kappa shape index (κ1) is 19.1. The van der Waals surface area contributed by atoms with E-state index in [-0.39, 0.29) is 0 Å². The van der Waals surface area contributed by atoms with Crippen LogP contribution >= 0.6 is 0 Å². The molecule has 0 aliphatic carbocycles. The Morgan fingerprint density at radius 1 is 1.12 bits per heavy atom. The fraction of sp³-hybridized carbons (Fsp3) is 0.625. The quantitative estimate of drug-likeness (QED) is 0.820. The number of anilines is 1. The van der Waals surface area contributed by atoms with Gasteiger partial charge >= 0.3 is 7.12 Å². The van der Waals surface area contributed by atoms with Crippen molar-refractivity contribution in [3.05, 3.63) is 18.2 Å². The maximum Gasteiger partial charge on any atom is 0.494 e. The monoisotopic (exact) mass is 355 g/mol. The van der Waals surface area contributed by atoms with Gasteiger partial charge in [0.2, 0.25) is 10.0 Å².